The summed E-state index contributed by atoms with van der Waals surface area (Å²) in [6, 6.07) is -0.388. The molecule has 0 spiro atoms. The van der Waals surface area contributed by atoms with Crippen molar-refractivity contribution in [3.8, 4) is 0 Å². The van der Waals surface area contributed by atoms with Gasteiger partial charge in [-0.15, -0.1) is 0 Å². The lowest BCUT2D eigenvalue weighted by atomic mass is 9.88. The van der Waals surface area contributed by atoms with E-state index in [2.05, 4.69) is 31.4 Å². The summed E-state index contributed by atoms with van der Waals surface area (Å²) in [6.07, 6.45) is 1.51. The van der Waals surface area contributed by atoms with Gasteiger partial charge in [0.2, 0.25) is 0 Å². The van der Waals surface area contributed by atoms with Gasteiger partial charge in [-0.05, 0) is 25.2 Å². The van der Waals surface area contributed by atoms with E-state index in [1.54, 1.807) is 7.11 Å². The molecule has 0 aromatic carbocycles. The quantitative estimate of drug-likeness (QED) is 0.650. The molecule has 0 saturated carbocycles. The van der Waals surface area contributed by atoms with Crippen molar-refractivity contribution in [1.82, 2.24) is 10.6 Å². The van der Waals surface area contributed by atoms with Gasteiger partial charge in [-0.3, -0.25) is 0 Å². The Morgan fingerprint density at radius 1 is 1.33 bits per heavy atom. The van der Waals surface area contributed by atoms with Crippen molar-refractivity contribution in [2.75, 3.05) is 20.3 Å². The number of amides is 2. The zero-order chi connectivity index (χ0) is 14.2. The number of aliphatic hydroxyl groups is 1. The Bertz CT molecular complexity index is 239. The summed E-state index contributed by atoms with van der Waals surface area (Å²) in [5.41, 5.74) is 0.0718. The zero-order valence-electron chi connectivity index (χ0n) is 12.2. The lowest BCUT2D eigenvalue weighted by Crippen LogP contribution is -2.48. The van der Waals surface area contributed by atoms with E-state index in [-0.39, 0.29) is 30.1 Å². The summed E-state index contributed by atoms with van der Waals surface area (Å²) in [7, 11) is 1.64. The molecule has 0 aliphatic rings. The molecule has 0 fully saturated rings. The van der Waals surface area contributed by atoms with E-state index in [4.69, 9.17) is 4.74 Å². The number of nitrogens with one attached hydrogen (secondary N) is 2. The van der Waals surface area contributed by atoms with Crippen molar-refractivity contribution < 1.29 is 14.6 Å². The van der Waals surface area contributed by atoms with Crippen molar-refractivity contribution in [3.63, 3.8) is 0 Å². The Balaban J connectivity index is 4.03. The van der Waals surface area contributed by atoms with Crippen LogP contribution in [-0.4, -0.2) is 43.5 Å². The maximum atomic E-state index is 11.7. The minimum atomic E-state index is -0.234. The molecule has 5 nitrogen and oxygen atoms in total. The van der Waals surface area contributed by atoms with Crippen LogP contribution < -0.4 is 10.6 Å². The molecule has 0 heterocycles. The first kappa shape index (κ1) is 17.2. The Morgan fingerprint density at radius 3 is 2.39 bits per heavy atom. The first-order valence-electron chi connectivity index (χ1n) is 6.45. The number of aliphatic hydroxyl groups excluding tert-OH is 1. The van der Waals surface area contributed by atoms with E-state index >= 15 is 0 Å². The van der Waals surface area contributed by atoms with E-state index in [1.807, 2.05) is 6.92 Å². The van der Waals surface area contributed by atoms with E-state index in [1.165, 1.54) is 0 Å². The first-order valence-corrected chi connectivity index (χ1v) is 6.45. The number of hydrogen-bond donors (Lipinski definition) is 3. The summed E-state index contributed by atoms with van der Waals surface area (Å²) < 4.78 is 4.95. The molecule has 0 aromatic heterocycles. The highest BCUT2D eigenvalue weighted by Gasteiger charge is 2.20. The number of carbonyl (C=O) groups is 1. The molecule has 0 bridgehead atoms. The number of rotatable bonds is 7. The topological polar surface area (TPSA) is 70.6 Å². The van der Waals surface area contributed by atoms with Crippen molar-refractivity contribution in [2.45, 2.75) is 52.6 Å². The van der Waals surface area contributed by atoms with Crippen LogP contribution in [0, 0.1) is 5.41 Å². The van der Waals surface area contributed by atoms with Crippen LogP contribution in [0.3, 0.4) is 0 Å². The Kier molecular flexibility index (Phi) is 7.95. The number of hydrogen-bond acceptors (Lipinski definition) is 3. The van der Waals surface area contributed by atoms with Crippen molar-refractivity contribution in [3.05, 3.63) is 0 Å². The fourth-order valence-electron chi connectivity index (χ4n) is 1.72. The third-order valence-electron chi connectivity index (χ3n) is 2.55. The van der Waals surface area contributed by atoms with Crippen LogP contribution in [-0.2, 0) is 4.74 Å². The van der Waals surface area contributed by atoms with Crippen LogP contribution >= 0.6 is 0 Å². The van der Waals surface area contributed by atoms with Gasteiger partial charge < -0.3 is 20.5 Å². The predicted octanol–water partition coefficient (Wildman–Crippen LogP) is 1.51. The number of methoxy groups -OCH3 is 1. The normalized spacial score (nSPS) is 15.0. The van der Waals surface area contributed by atoms with E-state index in [9.17, 15) is 9.90 Å². The van der Waals surface area contributed by atoms with Crippen LogP contribution in [0.5, 0.6) is 0 Å². The third kappa shape index (κ3) is 9.24. The monoisotopic (exact) mass is 260 g/mol. The molecule has 0 aromatic rings. The molecule has 2 atom stereocenters. The van der Waals surface area contributed by atoms with Gasteiger partial charge in [0, 0.05) is 19.8 Å². The van der Waals surface area contributed by atoms with Crippen LogP contribution in [0.4, 0.5) is 4.79 Å². The molecule has 0 aliphatic heterocycles. The van der Waals surface area contributed by atoms with Gasteiger partial charge in [-0.1, -0.05) is 20.8 Å². The van der Waals surface area contributed by atoms with Crippen LogP contribution in [0.25, 0.3) is 0 Å². The smallest absolute Gasteiger partial charge is 0.315 e. The van der Waals surface area contributed by atoms with Gasteiger partial charge in [-0.2, -0.15) is 0 Å². The highest BCUT2D eigenvalue weighted by atomic mass is 16.5. The van der Waals surface area contributed by atoms with Crippen molar-refractivity contribution >= 4 is 6.03 Å². The fraction of sp³-hybridized carbons (Fsp3) is 0.923. The largest absolute Gasteiger partial charge is 0.394 e. The second kappa shape index (κ2) is 8.32. The average molecular weight is 260 g/mol. The molecule has 3 N–H and O–H groups in total. The molecule has 108 valence electrons. The molecule has 0 aliphatic carbocycles. The molecule has 0 saturated heterocycles. The van der Waals surface area contributed by atoms with E-state index in [0.29, 0.717) is 6.61 Å². The Hall–Kier alpha value is -0.810. The summed E-state index contributed by atoms with van der Waals surface area (Å²) in [5.74, 6) is 0. The summed E-state index contributed by atoms with van der Waals surface area (Å²) >= 11 is 0. The zero-order valence-corrected chi connectivity index (χ0v) is 12.2. The van der Waals surface area contributed by atoms with Crippen molar-refractivity contribution in [2.24, 2.45) is 5.41 Å². The second-order valence-electron chi connectivity index (χ2n) is 5.94. The van der Waals surface area contributed by atoms with E-state index < -0.39 is 0 Å². The minimum Gasteiger partial charge on any atom is -0.394 e. The van der Waals surface area contributed by atoms with Gasteiger partial charge in [-0.25, -0.2) is 4.79 Å². The lowest BCUT2D eigenvalue weighted by Gasteiger charge is -2.26. The molecule has 18 heavy (non-hydrogen) atoms. The highest BCUT2D eigenvalue weighted by molar-refractivity contribution is 5.74. The molecule has 5 heteroatoms. The minimum absolute atomic E-state index is 0.0445. The van der Waals surface area contributed by atoms with Crippen molar-refractivity contribution in [1.29, 1.82) is 0 Å². The van der Waals surface area contributed by atoms with Gasteiger partial charge >= 0.3 is 6.03 Å². The summed E-state index contributed by atoms with van der Waals surface area (Å²) in [5, 5.41) is 14.9. The predicted molar refractivity (Wildman–Crippen MR) is 72.6 cm³/mol. The van der Waals surface area contributed by atoms with E-state index in [0.717, 1.165) is 12.8 Å². The summed E-state index contributed by atoms with van der Waals surface area (Å²) in [4.78, 5) is 11.7. The van der Waals surface area contributed by atoms with Gasteiger partial charge in [0.05, 0.1) is 12.6 Å². The van der Waals surface area contributed by atoms with Gasteiger partial charge in [0.15, 0.2) is 0 Å². The molecular formula is C13H28N2O3. The average Bonchev–Trinajstić information content (AvgIpc) is 2.23. The van der Waals surface area contributed by atoms with Gasteiger partial charge in [0.25, 0.3) is 0 Å². The lowest BCUT2D eigenvalue weighted by molar-refractivity contribution is 0.177. The number of urea groups is 1. The second-order valence-corrected chi connectivity index (χ2v) is 5.94. The molecule has 2 unspecified atom stereocenters. The van der Waals surface area contributed by atoms with Crippen LogP contribution in [0.2, 0.25) is 0 Å². The summed E-state index contributed by atoms with van der Waals surface area (Å²) in [6.45, 7) is 8.74. The third-order valence-corrected chi connectivity index (χ3v) is 2.55. The molecule has 0 radical (unpaired) electrons. The molecular weight excluding hydrogens is 232 g/mol. The molecule has 2 amide bonds. The van der Waals surface area contributed by atoms with Crippen LogP contribution in [0.15, 0.2) is 0 Å². The standard InChI is InChI=1S/C13H28N2O3/c1-10(6-7-18-5)14-12(17)15-11(9-16)8-13(2,3)4/h10-11,16H,6-9H2,1-5H3,(H2,14,15,17). The Labute approximate surface area is 110 Å². The first-order chi connectivity index (χ1) is 8.28. The number of ether oxygens (including phenoxy) is 1. The maximum Gasteiger partial charge on any atom is 0.315 e. The Morgan fingerprint density at radius 2 is 1.94 bits per heavy atom. The molecule has 0 rings (SSSR count). The fourth-order valence-corrected chi connectivity index (χ4v) is 1.72. The maximum absolute atomic E-state index is 11.7. The number of carbonyl (C=O) groups excluding carboxylic acids is 1. The SMILES string of the molecule is COCCC(C)NC(=O)NC(CO)CC(C)(C)C. The van der Waals surface area contributed by atoms with Crippen LogP contribution in [0.1, 0.15) is 40.5 Å². The highest BCUT2D eigenvalue weighted by Crippen LogP contribution is 2.20. The van der Waals surface area contributed by atoms with Gasteiger partial charge in [0.1, 0.15) is 0 Å².